The molecule has 0 saturated heterocycles. The van der Waals surface area contributed by atoms with Crippen molar-refractivity contribution in [2.75, 3.05) is 18.4 Å². The van der Waals surface area contributed by atoms with Gasteiger partial charge in [0.2, 0.25) is 11.8 Å². The number of anilines is 1. The molecule has 39 heavy (non-hydrogen) atoms. The standard InChI is InChI=1S/C29H33ClFN5O3/c30-24-8-4-7-20(29(24)31)15-33-27(38)16-35(22-10-11-22)28(39)17-36-26-12-9-21(13-23(26)25(18-37)34-36)32-14-19-5-2-1-3-6-19/h4,7-9,12-13,18-19,22,32H,1-3,5-6,10-11,14-17H2,(H,33,38). The van der Waals surface area contributed by atoms with Crippen LogP contribution in [-0.2, 0) is 22.7 Å². The molecule has 0 atom stereocenters. The van der Waals surface area contributed by atoms with Crippen molar-refractivity contribution in [2.24, 2.45) is 5.92 Å². The van der Waals surface area contributed by atoms with E-state index in [1.54, 1.807) is 12.1 Å². The van der Waals surface area contributed by atoms with Crippen LogP contribution in [0.3, 0.4) is 0 Å². The molecule has 2 fully saturated rings. The number of amides is 2. The average Bonchev–Trinajstić information content (AvgIpc) is 3.74. The van der Waals surface area contributed by atoms with E-state index < -0.39 is 5.82 Å². The van der Waals surface area contributed by atoms with Crippen molar-refractivity contribution in [3.05, 3.63) is 58.5 Å². The van der Waals surface area contributed by atoms with E-state index in [1.807, 2.05) is 18.2 Å². The van der Waals surface area contributed by atoms with Gasteiger partial charge in [0.25, 0.3) is 0 Å². The highest BCUT2D eigenvalue weighted by Crippen LogP contribution is 2.29. The van der Waals surface area contributed by atoms with Crippen LogP contribution in [0.15, 0.2) is 36.4 Å². The van der Waals surface area contributed by atoms with Crippen molar-refractivity contribution in [3.63, 3.8) is 0 Å². The van der Waals surface area contributed by atoms with Crippen LogP contribution in [0.25, 0.3) is 10.9 Å². The van der Waals surface area contributed by atoms with E-state index >= 15 is 0 Å². The monoisotopic (exact) mass is 553 g/mol. The Kier molecular flexibility index (Phi) is 8.45. The molecule has 8 nitrogen and oxygen atoms in total. The molecule has 0 spiro atoms. The molecule has 2 saturated carbocycles. The maximum Gasteiger partial charge on any atom is 0.245 e. The van der Waals surface area contributed by atoms with Crippen molar-refractivity contribution in [1.29, 1.82) is 0 Å². The predicted molar refractivity (Wildman–Crippen MR) is 148 cm³/mol. The number of nitrogens with one attached hydrogen (secondary N) is 2. The second kappa shape index (κ2) is 12.2. The van der Waals surface area contributed by atoms with E-state index in [1.165, 1.54) is 47.8 Å². The first-order valence-corrected chi connectivity index (χ1v) is 14.0. The third-order valence-corrected chi connectivity index (χ3v) is 7.92. The molecule has 0 radical (unpaired) electrons. The highest BCUT2D eigenvalue weighted by atomic mass is 35.5. The van der Waals surface area contributed by atoms with Crippen LogP contribution in [-0.4, -0.2) is 51.9 Å². The topological polar surface area (TPSA) is 96.3 Å². The Bertz CT molecular complexity index is 1370. The third-order valence-electron chi connectivity index (χ3n) is 7.62. The number of aldehydes is 1. The number of fused-ring (bicyclic) bond motifs is 1. The van der Waals surface area contributed by atoms with Crippen LogP contribution in [0.1, 0.15) is 61.0 Å². The number of rotatable bonds is 11. The fourth-order valence-electron chi connectivity index (χ4n) is 5.29. The van der Waals surface area contributed by atoms with Gasteiger partial charge < -0.3 is 15.5 Å². The lowest BCUT2D eigenvalue weighted by atomic mass is 9.89. The van der Waals surface area contributed by atoms with Gasteiger partial charge in [0.05, 0.1) is 17.1 Å². The summed E-state index contributed by atoms with van der Waals surface area (Å²) in [7, 11) is 0. The Hall–Kier alpha value is -3.46. The summed E-state index contributed by atoms with van der Waals surface area (Å²) in [5, 5.41) is 11.2. The number of hydrogen-bond acceptors (Lipinski definition) is 5. The predicted octanol–water partition coefficient (Wildman–Crippen LogP) is 4.94. The molecule has 206 valence electrons. The number of carbonyl (C=O) groups is 3. The molecule has 5 rings (SSSR count). The zero-order valence-electron chi connectivity index (χ0n) is 21.8. The van der Waals surface area contributed by atoms with Crippen LogP contribution in [0.5, 0.6) is 0 Å². The number of carbonyl (C=O) groups excluding carboxylic acids is 3. The number of nitrogens with zero attached hydrogens (tertiary/aromatic N) is 3. The van der Waals surface area contributed by atoms with Gasteiger partial charge in [-0.3, -0.25) is 19.1 Å². The van der Waals surface area contributed by atoms with Gasteiger partial charge in [0.1, 0.15) is 18.1 Å². The molecule has 0 aliphatic heterocycles. The minimum absolute atomic E-state index is 0.00944. The summed E-state index contributed by atoms with van der Waals surface area (Å²) in [6.45, 7) is 0.644. The first-order valence-electron chi connectivity index (χ1n) is 13.6. The largest absolute Gasteiger partial charge is 0.385 e. The molecular weight excluding hydrogens is 521 g/mol. The summed E-state index contributed by atoms with van der Waals surface area (Å²) in [5.74, 6) is -0.556. The van der Waals surface area contributed by atoms with Gasteiger partial charge in [-0.1, -0.05) is 43.0 Å². The second-order valence-electron chi connectivity index (χ2n) is 10.5. The van der Waals surface area contributed by atoms with Gasteiger partial charge in [0, 0.05) is 35.8 Å². The minimum atomic E-state index is -0.571. The van der Waals surface area contributed by atoms with Crippen molar-refractivity contribution >= 4 is 46.3 Å². The van der Waals surface area contributed by atoms with Crippen LogP contribution in [0, 0.1) is 11.7 Å². The lowest BCUT2D eigenvalue weighted by Crippen LogP contribution is -2.43. The van der Waals surface area contributed by atoms with Gasteiger partial charge in [-0.05, 0) is 55.9 Å². The maximum atomic E-state index is 14.1. The van der Waals surface area contributed by atoms with Gasteiger partial charge in [0.15, 0.2) is 6.29 Å². The Morgan fingerprint density at radius 3 is 2.67 bits per heavy atom. The molecule has 1 heterocycles. The fourth-order valence-corrected chi connectivity index (χ4v) is 5.48. The van der Waals surface area contributed by atoms with E-state index in [0.717, 1.165) is 25.1 Å². The van der Waals surface area contributed by atoms with Gasteiger partial charge in [-0.2, -0.15) is 5.10 Å². The molecular formula is C29H33ClFN5O3. The van der Waals surface area contributed by atoms with E-state index in [-0.39, 0.29) is 53.8 Å². The van der Waals surface area contributed by atoms with Crippen LogP contribution in [0.2, 0.25) is 5.02 Å². The fraction of sp³-hybridized carbons (Fsp3) is 0.448. The number of aromatic nitrogens is 2. The van der Waals surface area contributed by atoms with E-state index in [4.69, 9.17) is 11.6 Å². The number of benzene rings is 2. The van der Waals surface area contributed by atoms with E-state index in [9.17, 15) is 18.8 Å². The summed E-state index contributed by atoms with van der Waals surface area (Å²) in [4.78, 5) is 39.3. The number of halogens is 2. The van der Waals surface area contributed by atoms with E-state index in [2.05, 4.69) is 15.7 Å². The molecule has 10 heteroatoms. The highest BCUT2D eigenvalue weighted by molar-refractivity contribution is 6.30. The average molecular weight is 554 g/mol. The smallest absolute Gasteiger partial charge is 0.245 e. The maximum absolute atomic E-state index is 14.1. The minimum Gasteiger partial charge on any atom is -0.385 e. The molecule has 2 aliphatic carbocycles. The SMILES string of the molecule is O=Cc1nn(CC(=O)N(CC(=O)NCc2cccc(Cl)c2F)C2CC2)c2ccc(NCC3CCCCC3)cc12. The van der Waals surface area contributed by atoms with Crippen molar-refractivity contribution in [3.8, 4) is 0 Å². The Morgan fingerprint density at radius 1 is 1.13 bits per heavy atom. The Morgan fingerprint density at radius 2 is 1.92 bits per heavy atom. The van der Waals surface area contributed by atoms with Crippen molar-refractivity contribution in [1.82, 2.24) is 20.0 Å². The Labute approximate surface area is 231 Å². The zero-order valence-corrected chi connectivity index (χ0v) is 22.6. The molecule has 2 aromatic carbocycles. The second-order valence-corrected chi connectivity index (χ2v) is 10.9. The molecule has 1 aromatic heterocycles. The van der Waals surface area contributed by atoms with Crippen molar-refractivity contribution in [2.45, 2.75) is 64.1 Å². The molecule has 0 bridgehead atoms. The normalized spacial score (nSPS) is 15.7. The lowest BCUT2D eigenvalue weighted by Gasteiger charge is -2.22. The van der Waals surface area contributed by atoms with Crippen molar-refractivity contribution < 1.29 is 18.8 Å². The summed E-state index contributed by atoms with van der Waals surface area (Å²) in [5.41, 5.74) is 2.16. The third kappa shape index (κ3) is 6.58. The van der Waals surface area contributed by atoms with E-state index in [0.29, 0.717) is 23.1 Å². The zero-order chi connectivity index (χ0) is 27.4. The summed E-state index contributed by atoms with van der Waals surface area (Å²) in [6, 6.07) is 10.3. The van der Waals surface area contributed by atoms with Gasteiger partial charge >= 0.3 is 0 Å². The summed E-state index contributed by atoms with van der Waals surface area (Å²) >= 11 is 5.82. The first-order chi connectivity index (χ1) is 18.9. The van der Waals surface area contributed by atoms with Gasteiger partial charge in [-0.15, -0.1) is 0 Å². The lowest BCUT2D eigenvalue weighted by molar-refractivity contribution is -0.137. The summed E-state index contributed by atoms with van der Waals surface area (Å²) < 4.78 is 15.7. The molecule has 0 unspecified atom stereocenters. The summed E-state index contributed by atoms with van der Waals surface area (Å²) in [6.07, 6.45) is 8.69. The van der Waals surface area contributed by atoms with Crippen LogP contribution >= 0.6 is 11.6 Å². The molecule has 2 amide bonds. The van der Waals surface area contributed by atoms with Crippen LogP contribution < -0.4 is 10.6 Å². The van der Waals surface area contributed by atoms with Crippen LogP contribution in [0.4, 0.5) is 10.1 Å². The molecule has 3 aromatic rings. The van der Waals surface area contributed by atoms with Gasteiger partial charge in [-0.25, -0.2) is 4.39 Å². The molecule has 2 N–H and O–H groups in total. The Balaban J connectivity index is 1.24. The number of hydrogen-bond donors (Lipinski definition) is 2. The molecule has 2 aliphatic rings. The quantitative estimate of drug-likeness (QED) is 0.328. The highest BCUT2D eigenvalue weighted by Gasteiger charge is 2.34. The first kappa shape index (κ1) is 27.1.